The van der Waals surface area contributed by atoms with Gasteiger partial charge in [0, 0.05) is 35.2 Å². The molecule has 0 saturated heterocycles. The van der Waals surface area contributed by atoms with E-state index in [4.69, 9.17) is 0 Å². The number of fused-ring (bicyclic) bond motifs is 2. The third-order valence-corrected chi connectivity index (χ3v) is 5.83. The van der Waals surface area contributed by atoms with Crippen LogP contribution in [0.2, 0.25) is 0 Å². The van der Waals surface area contributed by atoms with E-state index in [0.29, 0.717) is 6.42 Å². The van der Waals surface area contributed by atoms with Gasteiger partial charge in [-0.3, -0.25) is 0 Å². The number of thioether (sulfide) groups is 1. The minimum Gasteiger partial charge on any atom is -0.361 e. The fourth-order valence-corrected chi connectivity index (χ4v) is 4.49. The maximum Gasteiger partial charge on any atom is 0.0622 e. The van der Waals surface area contributed by atoms with Gasteiger partial charge >= 0.3 is 0 Å². The van der Waals surface area contributed by atoms with Crippen LogP contribution in [0.15, 0.2) is 66.9 Å². The summed E-state index contributed by atoms with van der Waals surface area (Å²) < 4.78 is 0. The van der Waals surface area contributed by atoms with Crippen molar-refractivity contribution in [2.45, 2.75) is 24.5 Å². The average molecular weight is 371 g/mol. The van der Waals surface area contributed by atoms with E-state index in [9.17, 15) is 5.26 Å². The van der Waals surface area contributed by atoms with E-state index in [2.05, 4.69) is 84.2 Å². The summed E-state index contributed by atoms with van der Waals surface area (Å²) in [6.07, 6.45) is 5.66. The molecule has 0 aliphatic heterocycles. The average Bonchev–Trinajstić information content (AvgIpc) is 3.13. The Hall–Kier alpha value is -2.70. The van der Waals surface area contributed by atoms with E-state index in [0.717, 1.165) is 12.2 Å². The molecule has 0 fully saturated rings. The van der Waals surface area contributed by atoms with Crippen LogP contribution in [0.4, 0.5) is 0 Å². The lowest BCUT2D eigenvalue weighted by atomic mass is 9.86. The lowest BCUT2D eigenvalue weighted by Gasteiger charge is -2.17. The second kappa shape index (κ2) is 7.90. The number of nitrogens with one attached hydrogen (secondary N) is 1. The second-order valence-electron chi connectivity index (χ2n) is 6.87. The van der Waals surface area contributed by atoms with Gasteiger partial charge in [-0.2, -0.15) is 17.0 Å². The van der Waals surface area contributed by atoms with E-state index < -0.39 is 0 Å². The quantitative estimate of drug-likeness (QED) is 0.414. The molecule has 3 aromatic carbocycles. The predicted octanol–water partition coefficient (Wildman–Crippen LogP) is 6.62. The molecule has 27 heavy (non-hydrogen) atoms. The van der Waals surface area contributed by atoms with Crippen molar-refractivity contribution in [3.05, 3.63) is 83.6 Å². The van der Waals surface area contributed by atoms with Crippen LogP contribution < -0.4 is 0 Å². The van der Waals surface area contributed by atoms with Crippen molar-refractivity contribution in [1.29, 1.82) is 5.26 Å². The van der Waals surface area contributed by atoms with Crippen molar-refractivity contribution in [1.82, 2.24) is 4.98 Å². The first-order valence-electron chi connectivity index (χ1n) is 9.25. The van der Waals surface area contributed by atoms with Crippen LogP contribution >= 0.6 is 11.8 Å². The van der Waals surface area contributed by atoms with Crippen molar-refractivity contribution < 1.29 is 0 Å². The Morgan fingerprint density at radius 3 is 2.70 bits per heavy atom. The van der Waals surface area contributed by atoms with Crippen LogP contribution in [0.3, 0.4) is 0 Å². The Balaban J connectivity index is 1.83. The Bertz CT molecular complexity index is 1120. The van der Waals surface area contributed by atoms with E-state index in [-0.39, 0.29) is 5.92 Å². The smallest absolute Gasteiger partial charge is 0.0622 e. The van der Waals surface area contributed by atoms with Crippen LogP contribution in [0.25, 0.3) is 21.7 Å². The predicted molar refractivity (Wildman–Crippen MR) is 116 cm³/mol. The molecule has 4 aromatic rings. The Labute approximate surface area is 164 Å². The number of nitrogens with zero attached hydrogens (tertiary/aromatic N) is 1. The standard InChI is InChI=1S/C24H22N2S/c1-27-16-20-8-4-9-22-23(15-26-24(20)22)21(10-5-13-25)19-12-11-17-6-2-3-7-18(17)14-19/h2-4,6-9,11-12,14-15,21,26H,5,10,16H2,1H3. The third-order valence-electron chi connectivity index (χ3n) is 5.23. The summed E-state index contributed by atoms with van der Waals surface area (Å²) in [4.78, 5) is 3.51. The molecular weight excluding hydrogens is 348 g/mol. The summed E-state index contributed by atoms with van der Waals surface area (Å²) in [5, 5.41) is 13.0. The number of hydrogen-bond donors (Lipinski definition) is 1. The molecule has 0 saturated carbocycles. The van der Waals surface area contributed by atoms with E-state index in [1.54, 1.807) is 0 Å². The minimum absolute atomic E-state index is 0.215. The molecule has 0 aliphatic rings. The van der Waals surface area contributed by atoms with Gasteiger partial charge in [0.25, 0.3) is 0 Å². The first-order valence-corrected chi connectivity index (χ1v) is 10.6. The molecule has 0 bridgehead atoms. The number of nitriles is 1. The summed E-state index contributed by atoms with van der Waals surface area (Å²) in [7, 11) is 0. The molecule has 0 spiro atoms. The van der Waals surface area contributed by atoms with Crippen molar-refractivity contribution >= 4 is 33.4 Å². The lowest BCUT2D eigenvalue weighted by Crippen LogP contribution is -2.01. The number of para-hydroxylation sites is 1. The number of benzene rings is 3. The number of H-pyrrole nitrogens is 1. The zero-order chi connectivity index (χ0) is 18.6. The second-order valence-corrected chi connectivity index (χ2v) is 7.74. The van der Waals surface area contributed by atoms with Crippen LogP contribution in [0, 0.1) is 11.3 Å². The molecule has 1 N–H and O–H groups in total. The summed E-state index contributed by atoms with van der Waals surface area (Å²) in [6.45, 7) is 0. The largest absolute Gasteiger partial charge is 0.361 e. The minimum atomic E-state index is 0.215. The Morgan fingerprint density at radius 1 is 1.04 bits per heavy atom. The fourth-order valence-electron chi connectivity index (χ4n) is 3.94. The van der Waals surface area contributed by atoms with Gasteiger partial charge in [-0.15, -0.1) is 0 Å². The summed E-state index contributed by atoms with van der Waals surface area (Å²) in [5.74, 6) is 1.21. The SMILES string of the molecule is CSCc1cccc2c(C(CCC#N)c3ccc4ccccc4c3)c[nH]c12. The zero-order valence-electron chi connectivity index (χ0n) is 15.4. The molecule has 1 heterocycles. The fraction of sp³-hybridized carbons (Fsp3) is 0.208. The molecule has 1 atom stereocenters. The number of hydrogen-bond acceptors (Lipinski definition) is 2. The molecule has 1 unspecified atom stereocenters. The zero-order valence-corrected chi connectivity index (χ0v) is 16.2. The number of aromatic amines is 1. The molecule has 0 aliphatic carbocycles. The molecule has 4 rings (SSSR count). The van der Waals surface area contributed by atoms with Gasteiger partial charge in [-0.25, -0.2) is 0 Å². The van der Waals surface area contributed by atoms with Crippen molar-refractivity contribution in [3.63, 3.8) is 0 Å². The highest BCUT2D eigenvalue weighted by Gasteiger charge is 2.19. The lowest BCUT2D eigenvalue weighted by molar-refractivity contribution is 0.739. The molecule has 0 amide bonds. The topological polar surface area (TPSA) is 39.6 Å². The highest BCUT2D eigenvalue weighted by molar-refractivity contribution is 7.97. The van der Waals surface area contributed by atoms with Gasteiger partial charge in [0.1, 0.15) is 0 Å². The van der Waals surface area contributed by atoms with Crippen LogP contribution in [0.5, 0.6) is 0 Å². The maximum absolute atomic E-state index is 9.20. The first kappa shape index (κ1) is 17.7. The molecule has 2 nitrogen and oxygen atoms in total. The summed E-state index contributed by atoms with van der Waals surface area (Å²) >= 11 is 1.84. The van der Waals surface area contributed by atoms with Gasteiger partial charge < -0.3 is 4.98 Å². The molecular formula is C24H22N2S. The molecule has 134 valence electrons. The monoisotopic (exact) mass is 370 g/mol. The van der Waals surface area contributed by atoms with E-state index in [1.165, 1.54) is 38.4 Å². The van der Waals surface area contributed by atoms with Crippen LogP contribution in [0.1, 0.15) is 35.4 Å². The normalized spacial score (nSPS) is 12.3. The summed E-state index contributed by atoms with van der Waals surface area (Å²) in [6, 6.07) is 24.0. The molecule has 0 radical (unpaired) electrons. The van der Waals surface area contributed by atoms with Crippen LogP contribution in [-0.4, -0.2) is 11.2 Å². The Kier molecular flexibility index (Phi) is 5.18. The summed E-state index contributed by atoms with van der Waals surface area (Å²) in [5.41, 5.74) is 5.13. The van der Waals surface area contributed by atoms with E-state index >= 15 is 0 Å². The van der Waals surface area contributed by atoms with E-state index in [1.807, 2.05) is 11.8 Å². The highest BCUT2D eigenvalue weighted by Crippen LogP contribution is 2.36. The number of rotatable bonds is 6. The molecule has 1 aromatic heterocycles. The van der Waals surface area contributed by atoms with Gasteiger partial charge in [-0.1, -0.05) is 60.7 Å². The first-order chi connectivity index (χ1) is 13.3. The van der Waals surface area contributed by atoms with Crippen molar-refractivity contribution in [2.24, 2.45) is 0 Å². The van der Waals surface area contributed by atoms with Gasteiger partial charge in [-0.05, 0) is 40.1 Å². The third kappa shape index (κ3) is 3.46. The van der Waals surface area contributed by atoms with Gasteiger partial charge in [0.15, 0.2) is 0 Å². The van der Waals surface area contributed by atoms with Crippen molar-refractivity contribution in [2.75, 3.05) is 6.26 Å². The van der Waals surface area contributed by atoms with Gasteiger partial charge in [0.05, 0.1) is 6.07 Å². The maximum atomic E-state index is 9.20. The van der Waals surface area contributed by atoms with Crippen LogP contribution in [-0.2, 0) is 5.75 Å². The highest BCUT2D eigenvalue weighted by atomic mass is 32.2. The van der Waals surface area contributed by atoms with Gasteiger partial charge in [0.2, 0.25) is 0 Å². The van der Waals surface area contributed by atoms with Crippen molar-refractivity contribution in [3.8, 4) is 6.07 Å². The molecule has 3 heteroatoms. The number of aromatic nitrogens is 1. The Morgan fingerprint density at radius 2 is 1.89 bits per heavy atom.